The van der Waals surface area contributed by atoms with Gasteiger partial charge in [-0.25, -0.2) is 9.98 Å². The van der Waals surface area contributed by atoms with Gasteiger partial charge in [-0.05, 0) is 43.0 Å². The molecule has 4 rings (SSSR count). The van der Waals surface area contributed by atoms with Crippen molar-refractivity contribution in [2.45, 2.75) is 44.2 Å². The van der Waals surface area contributed by atoms with Gasteiger partial charge in [-0.2, -0.15) is 0 Å². The Morgan fingerprint density at radius 2 is 2.16 bits per heavy atom. The average Bonchev–Trinajstić information content (AvgIpc) is 3.11. The van der Waals surface area contributed by atoms with Crippen LogP contribution in [0.3, 0.4) is 0 Å². The lowest BCUT2D eigenvalue weighted by atomic mass is 10.1. The summed E-state index contributed by atoms with van der Waals surface area (Å²) in [6, 6.07) is 5.97. The Balaban J connectivity index is 1.52. The van der Waals surface area contributed by atoms with Gasteiger partial charge in [0.05, 0.1) is 27.9 Å². The first-order valence-electron chi connectivity index (χ1n) is 8.56. The number of carbonyl (C=O) groups is 1. The van der Waals surface area contributed by atoms with Gasteiger partial charge in [0, 0.05) is 0 Å². The maximum Gasteiger partial charge on any atom is 0.274 e. The van der Waals surface area contributed by atoms with Gasteiger partial charge in [-0.3, -0.25) is 10.1 Å². The highest BCUT2D eigenvalue weighted by Crippen LogP contribution is 2.22. The van der Waals surface area contributed by atoms with E-state index < -0.39 is 0 Å². The molecule has 1 saturated heterocycles. The first-order valence-corrected chi connectivity index (χ1v) is 9.44. The van der Waals surface area contributed by atoms with Crippen molar-refractivity contribution >= 4 is 39.5 Å². The fourth-order valence-corrected chi connectivity index (χ4v) is 4.02. The van der Waals surface area contributed by atoms with Gasteiger partial charge in [0.1, 0.15) is 5.70 Å². The number of aliphatic hydroxyl groups excluding tert-OH is 1. The molecular weight excluding hydrogens is 336 g/mol. The molecule has 0 bridgehead atoms. The van der Waals surface area contributed by atoms with E-state index in [-0.39, 0.29) is 18.1 Å². The zero-order valence-electron chi connectivity index (χ0n) is 13.7. The Labute approximate surface area is 149 Å². The summed E-state index contributed by atoms with van der Waals surface area (Å²) in [6.07, 6.45) is 6.06. The minimum Gasteiger partial charge on any atom is -0.393 e. The first kappa shape index (κ1) is 16.2. The zero-order chi connectivity index (χ0) is 17.2. The number of hydrogen-bond donors (Lipinski definition) is 3. The normalized spacial score (nSPS) is 27.5. The summed E-state index contributed by atoms with van der Waals surface area (Å²) < 4.78 is 1.09. The molecule has 1 aromatic carbocycles. The molecule has 1 amide bonds. The molecule has 2 heterocycles. The fraction of sp³-hybridized carbons (Fsp3) is 0.389. The maximum atomic E-state index is 12.2. The van der Waals surface area contributed by atoms with Gasteiger partial charge in [-0.1, -0.05) is 18.9 Å². The van der Waals surface area contributed by atoms with Crippen molar-refractivity contribution in [2.75, 3.05) is 0 Å². The number of fused-ring (bicyclic) bond motifs is 1. The molecule has 1 aromatic heterocycles. The van der Waals surface area contributed by atoms with Gasteiger partial charge in [0.15, 0.2) is 0 Å². The van der Waals surface area contributed by atoms with Gasteiger partial charge in [0.2, 0.25) is 5.96 Å². The second kappa shape index (κ2) is 6.93. The van der Waals surface area contributed by atoms with Crippen molar-refractivity contribution in [3.8, 4) is 0 Å². The van der Waals surface area contributed by atoms with Crippen molar-refractivity contribution < 1.29 is 9.90 Å². The van der Waals surface area contributed by atoms with E-state index in [1.54, 1.807) is 11.3 Å². The van der Waals surface area contributed by atoms with E-state index >= 15 is 0 Å². The topological polar surface area (TPSA) is 86.6 Å². The highest BCUT2D eigenvalue weighted by Gasteiger charge is 2.24. The predicted octanol–water partition coefficient (Wildman–Crippen LogP) is 2.41. The summed E-state index contributed by atoms with van der Waals surface area (Å²) in [6.45, 7) is 0. The number of nitrogens with one attached hydrogen (secondary N) is 2. The lowest BCUT2D eigenvalue weighted by Crippen LogP contribution is -2.28. The molecule has 2 aromatic rings. The molecule has 2 aliphatic rings. The molecule has 7 heteroatoms. The van der Waals surface area contributed by atoms with Crippen molar-refractivity contribution in [1.82, 2.24) is 15.6 Å². The smallest absolute Gasteiger partial charge is 0.274 e. The third-order valence-electron chi connectivity index (χ3n) is 4.58. The average molecular weight is 356 g/mol. The van der Waals surface area contributed by atoms with E-state index in [0.29, 0.717) is 18.1 Å². The lowest BCUT2D eigenvalue weighted by Gasteiger charge is -2.12. The number of aliphatic hydroxyl groups is 1. The quantitative estimate of drug-likeness (QED) is 0.570. The van der Waals surface area contributed by atoms with Crippen LogP contribution in [0.15, 0.2) is 34.4 Å². The predicted molar refractivity (Wildman–Crippen MR) is 99.2 cm³/mol. The molecule has 1 aliphatic carbocycles. The van der Waals surface area contributed by atoms with Crippen molar-refractivity contribution in [2.24, 2.45) is 4.99 Å². The summed E-state index contributed by atoms with van der Waals surface area (Å²) in [5.74, 6) is 0.298. The molecule has 2 atom stereocenters. The SMILES string of the molecule is O=C1NC(=N[C@H]2CCCC[C@@H](O)C2)N/C1=C\c1ccc2ncsc2c1. The Morgan fingerprint density at radius 1 is 1.28 bits per heavy atom. The van der Waals surface area contributed by atoms with Crippen molar-refractivity contribution in [1.29, 1.82) is 0 Å². The van der Waals surface area contributed by atoms with Crippen LogP contribution >= 0.6 is 11.3 Å². The van der Waals surface area contributed by atoms with Crippen LogP contribution in [-0.2, 0) is 4.79 Å². The molecule has 1 saturated carbocycles. The zero-order valence-corrected chi connectivity index (χ0v) is 14.6. The van der Waals surface area contributed by atoms with Crippen molar-refractivity contribution in [3.63, 3.8) is 0 Å². The Hall–Kier alpha value is -2.25. The number of aliphatic imine (C=N–C) groups is 1. The molecule has 1 aliphatic heterocycles. The van der Waals surface area contributed by atoms with E-state index in [9.17, 15) is 9.90 Å². The minimum absolute atomic E-state index is 0.0493. The highest BCUT2D eigenvalue weighted by molar-refractivity contribution is 7.16. The van der Waals surface area contributed by atoms with Crippen LogP contribution < -0.4 is 10.6 Å². The number of rotatable bonds is 2. The molecular formula is C18H20N4O2S. The third-order valence-corrected chi connectivity index (χ3v) is 5.37. The molecule has 0 spiro atoms. The monoisotopic (exact) mass is 356 g/mol. The summed E-state index contributed by atoms with van der Waals surface area (Å²) in [5.41, 5.74) is 4.20. The number of nitrogens with zero attached hydrogens (tertiary/aromatic N) is 2. The van der Waals surface area contributed by atoms with Crippen LogP contribution in [-0.4, -0.2) is 34.1 Å². The van der Waals surface area contributed by atoms with E-state index in [1.165, 1.54) is 0 Å². The van der Waals surface area contributed by atoms with E-state index in [1.807, 2.05) is 29.8 Å². The third kappa shape index (κ3) is 3.72. The Morgan fingerprint density at radius 3 is 3.08 bits per heavy atom. The summed E-state index contributed by atoms with van der Waals surface area (Å²) in [7, 11) is 0. The molecule has 3 N–H and O–H groups in total. The second-order valence-corrected chi connectivity index (χ2v) is 7.41. The van der Waals surface area contributed by atoms with Gasteiger partial charge in [0.25, 0.3) is 5.91 Å². The van der Waals surface area contributed by atoms with Crippen LogP contribution in [0.4, 0.5) is 0 Å². The van der Waals surface area contributed by atoms with Gasteiger partial charge < -0.3 is 10.4 Å². The standard InChI is InChI=1S/C18H20N4O2S/c23-13-4-2-1-3-12(9-13)20-18-21-15(17(24)22-18)7-11-5-6-14-16(8-11)25-10-19-14/h5-8,10,12-13,23H,1-4,9H2,(H2,20,21,22,24)/b15-7-/t12-,13+/m0/s1. The van der Waals surface area contributed by atoms with E-state index in [0.717, 1.165) is 41.5 Å². The van der Waals surface area contributed by atoms with Gasteiger partial charge >= 0.3 is 0 Å². The number of amides is 1. The largest absolute Gasteiger partial charge is 0.393 e. The fourth-order valence-electron chi connectivity index (χ4n) is 3.29. The number of thiazole rings is 1. The number of benzene rings is 1. The second-order valence-electron chi connectivity index (χ2n) is 6.52. The summed E-state index contributed by atoms with van der Waals surface area (Å²) in [5, 5.41) is 15.8. The van der Waals surface area contributed by atoms with E-state index in [4.69, 9.17) is 0 Å². The Bertz CT molecular complexity index is 858. The summed E-state index contributed by atoms with van der Waals surface area (Å²) >= 11 is 1.58. The van der Waals surface area contributed by atoms with Crippen LogP contribution in [0.5, 0.6) is 0 Å². The van der Waals surface area contributed by atoms with Crippen LogP contribution in [0.25, 0.3) is 16.3 Å². The molecule has 25 heavy (non-hydrogen) atoms. The highest BCUT2D eigenvalue weighted by atomic mass is 32.1. The van der Waals surface area contributed by atoms with Crippen LogP contribution in [0.1, 0.15) is 37.7 Å². The van der Waals surface area contributed by atoms with Crippen LogP contribution in [0, 0.1) is 0 Å². The van der Waals surface area contributed by atoms with Gasteiger partial charge in [-0.15, -0.1) is 11.3 Å². The number of aromatic nitrogens is 1. The van der Waals surface area contributed by atoms with Crippen molar-refractivity contribution in [3.05, 3.63) is 35.0 Å². The van der Waals surface area contributed by atoms with Crippen LogP contribution in [0.2, 0.25) is 0 Å². The number of hydrogen-bond acceptors (Lipinski definition) is 5. The number of carbonyl (C=O) groups excluding carboxylic acids is 1. The minimum atomic E-state index is -0.296. The van der Waals surface area contributed by atoms with E-state index in [2.05, 4.69) is 20.6 Å². The molecule has 0 radical (unpaired) electrons. The molecule has 0 unspecified atom stereocenters. The molecule has 130 valence electrons. The first-order chi connectivity index (χ1) is 12.2. The summed E-state index contributed by atoms with van der Waals surface area (Å²) in [4.78, 5) is 21.0. The Kier molecular flexibility index (Phi) is 4.50. The maximum absolute atomic E-state index is 12.2. The lowest BCUT2D eigenvalue weighted by molar-refractivity contribution is -0.115. The molecule has 2 fully saturated rings. The number of guanidine groups is 1. The molecule has 6 nitrogen and oxygen atoms in total.